The lowest BCUT2D eigenvalue weighted by atomic mass is 9.99. The smallest absolute Gasteiger partial charge is 0.166 e. The highest BCUT2D eigenvalue weighted by molar-refractivity contribution is 5.51. The largest absolute Gasteiger partial charge is 0.493 e. The quantitative estimate of drug-likeness (QED) is 0.828. The van der Waals surface area contributed by atoms with Gasteiger partial charge in [-0.1, -0.05) is 13.0 Å². The molecule has 0 heterocycles. The fourth-order valence-corrected chi connectivity index (χ4v) is 1.76. The van der Waals surface area contributed by atoms with Crippen LogP contribution in [0.3, 0.4) is 0 Å². The highest BCUT2D eigenvalue weighted by Gasteiger charge is 2.17. The van der Waals surface area contributed by atoms with E-state index in [2.05, 4.69) is 0 Å². The van der Waals surface area contributed by atoms with Gasteiger partial charge in [-0.05, 0) is 25.0 Å². The Kier molecular flexibility index (Phi) is 3.97. The van der Waals surface area contributed by atoms with Crippen LogP contribution in [0.5, 0.6) is 11.5 Å². The van der Waals surface area contributed by atoms with Crippen LogP contribution in [-0.2, 0) is 6.42 Å². The van der Waals surface area contributed by atoms with E-state index in [1.807, 2.05) is 19.1 Å². The molecule has 1 aromatic rings. The van der Waals surface area contributed by atoms with Crippen LogP contribution >= 0.6 is 0 Å². The average Bonchev–Trinajstić information content (AvgIpc) is 2.26. The van der Waals surface area contributed by atoms with Crippen LogP contribution < -0.4 is 9.47 Å². The molecule has 1 aromatic carbocycles. The number of hydrogen-bond donors (Lipinski definition) is 1. The van der Waals surface area contributed by atoms with Crippen molar-refractivity contribution in [1.29, 1.82) is 0 Å². The summed E-state index contributed by atoms with van der Waals surface area (Å²) in [5.41, 5.74) is 1.90. The van der Waals surface area contributed by atoms with E-state index in [1.165, 1.54) is 0 Å². The third kappa shape index (κ3) is 2.23. The van der Waals surface area contributed by atoms with Gasteiger partial charge >= 0.3 is 0 Å². The molecule has 1 N–H and O–H groups in total. The Morgan fingerprint density at radius 1 is 1.27 bits per heavy atom. The molecule has 1 unspecified atom stereocenters. The number of hydrogen-bond acceptors (Lipinski definition) is 3. The lowest BCUT2D eigenvalue weighted by Crippen LogP contribution is -2.03. The molecule has 0 radical (unpaired) electrons. The van der Waals surface area contributed by atoms with Crippen molar-refractivity contribution < 1.29 is 14.6 Å². The third-order valence-electron chi connectivity index (χ3n) is 2.47. The first-order valence-corrected chi connectivity index (χ1v) is 5.07. The summed E-state index contributed by atoms with van der Waals surface area (Å²) in [4.78, 5) is 0. The van der Waals surface area contributed by atoms with Crippen LogP contribution in [0.4, 0.5) is 0 Å². The summed E-state index contributed by atoms with van der Waals surface area (Å²) in [5.74, 6) is 1.29. The van der Waals surface area contributed by atoms with E-state index in [9.17, 15) is 5.11 Å². The maximum Gasteiger partial charge on any atom is 0.166 e. The van der Waals surface area contributed by atoms with E-state index in [0.717, 1.165) is 17.5 Å². The van der Waals surface area contributed by atoms with E-state index < -0.39 is 6.10 Å². The van der Waals surface area contributed by atoms with Crippen molar-refractivity contribution in [3.8, 4) is 11.5 Å². The number of aliphatic hydroxyl groups is 1. The van der Waals surface area contributed by atoms with Crippen LogP contribution in [0.1, 0.15) is 31.1 Å². The van der Waals surface area contributed by atoms with Crippen molar-refractivity contribution in [2.75, 3.05) is 14.2 Å². The van der Waals surface area contributed by atoms with Gasteiger partial charge in [-0.2, -0.15) is 0 Å². The predicted octanol–water partition coefficient (Wildman–Crippen LogP) is 2.32. The fourth-order valence-electron chi connectivity index (χ4n) is 1.76. The lowest BCUT2D eigenvalue weighted by Gasteiger charge is -2.18. The molecule has 15 heavy (non-hydrogen) atoms. The number of rotatable bonds is 4. The van der Waals surface area contributed by atoms with Gasteiger partial charge in [0.2, 0.25) is 0 Å². The summed E-state index contributed by atoms with van der Waals surface area (Å²) in [6, 6.07) is 3.83. The average molecular weight is 210 g/mol. The second-order valence-electron chi connectivity index (χ2n) is 3.40. The summed E-state index contributed by atoms with van der Waals surface area (Å²) < 4.78 is 10.5. The number of aliphatic hydroxyl groups excluding tert-OH is 1. The Bertz CT molecular complexity index is 332. The Hall–Kier alpha value is -1.22. The molecule has 0 spiro atoms. The molecule has 1 atom stereocenters. The molecule has 1 rings (SSSR count). The number of methoxy groups -OCH3 is 2. The van der Waals surface area contributed by atoms with E-state index in [0.29, 0.717) is 11.5 Å². The molecular weight excluding hydrogens is 192 g/mol. The highest BCUT2D eigenvalue weighted by atomic mass is 16.5. The minimum Gasteiger partial charge on any atom is -0.493 e. The van der Waals surface area contributed by atoms with E-state index in [4.69, 9.17) is 9.47 Å². The van der Waals surface area contributed by atoms with Crippen LogP contribution in [0, 0.1) is 0 Å². The summed E-state index contributed by atoms with van der Waals surface area (Å²) in [7, 11) is 3.18. The monoisotopic (exact) mass is 210 g/mol. The maximum atomic E-state index is 9.73. The standard InChI is InChI=1S/C12H18O3/c1-5-9-6-7-10(14-3)12(15-4)11(9)8(2)13/h6-8,13H,5H2,1-4H3. The van der Waals surface area contributed by atoms with Gasteiger partial charge in [0.25, 0.3) is 0 Å². The van der Waals surface area contributed by atoms with Gasteiger partial charge < -0.3 is 14.6 Å². The van der Waals surface area contributed by atoms with Gasteiger partial charge in [-0.25, -0.2) is 0 Å². The second kappa shape index (κ2) is 5.03. The second-order valence-corrected chi connectivity index (χ2v) is 3.40. The molecule has 0 aliphatic carbocycles. The Labute approximate surface area is 90.6 Å². The van der Waals surface area contributed by atoms with E-state index >= 15 is 0 Å². The van der Waals surface area contributed by atoms with Crippen LogP contribution in [0.15, 0.2) is 12.1 Å². The number of benzene rings is 1. The van der Waals surface area contributed by atoms with Crippen LogP contribution in [0.2, 0.25) is 0 Å². The molecule has 0 fully saturated rings. The van der Waals surface area contributed by atoms with Crippen molar-refractivity contribution in [2.24, 2.45) is 0 Å². The maximum absolute atomic E-state index is 9.73. The van der Waals surface area contributed by atoms with Gasteiger partial charge in [0.15, 0.2) is 11.5 Å². The molecule has 0 amide bonds. The van der Waals surface area contributed by atoms with Crippen molar-refractivity contribution in [3.05, 3.63) is 23.3 Å². The first-order chi connectivity index (χ1) is 7.15. The summed E-state index contributed by atoms with van der Waals surface area (Å²) in [5, 5.41) is 9.73. The van der Waals surface area contributed by atoms with Crippen LogP contribution in [0.25, 0.3) is 0 Å². The SMILES string of the molecule is CCc1ccc(OC)c(OC)c1C(C)O. The van der Waals surface area contributed by atoms with Gasteiger partial charge in [0, 0.05) is 5.56 Å². The zero-order chi connectivity index (χ0) is 11.4. The molecule has 3 heteroatoms. The fraction of sp³-hybridized carbons (Fsp3) is 0.500. The van der Waals surface area contributed by atoms with Crippen molar-refractivity contribution in [1.82, 2.24) is 0 Å². The first kappa shape index (κ1) is 11.9. The number of ether oxygens (including phenoxy) is 2. The van der Waals surface area contributed by atoms with Gasteiger partial charge in [-0.15, -0.1) is 0 Å². The Balaban J connectivity index is 3.37. The molecule has 0 saturated heterocycles. The molecule has 0 aliphatic heterocycles. The molecule has 0 aliphatic rings. The topological polar surface area (TPSA) is 38.7 Å². The molecule has 84 valence electrons. The van der Waals surface area contributed by atoms with Crippen LogP contribution in [-0.4, -0.2) is 19.3 Å². The van der Waals surface area contributed by atoms with Gasteiger partial charge in [0.1, 0.15) is 0 Å². The predicted molar refractivity (Wildman–Crippen MR) is 59.6 cm³/mol. The Morgan fingerprint density at radius 3 is 2.33 bits per heavy atom. The summed E-state index contributed by atoms with van der Waals surface area (Å²) in [6.45, 7) is 3.78. The van der Waals surface area contributed by atoms with Gasteiger partial charge in [0.05, 0.1) is 20.3 Å². The summed E-state index contributed by atoms with van der Waals surface area (Å²) in [6.07, 6.45) is 0.311. The lowest BCUT2D eigenvalue weighted by molar-refractivity contribution is 0.191. The molecule has 3 nitrogen and oxygen atoms in total. The van der Waals surface area contributed by atoms with Crippen molar-refractivity contribution in [2.45, 2.75) is 26.4 Å². The first-order valence-electron chi connectivity index (χ1n) is 5.07. The minimum atomic E-state index is -0.551. The van der Waals surface area contributed by atoms with E-state index in [1.54, 1.807) is 21.1 Å². The van der Waals surface area contributed by atoms with Gasteiger partial charge in [-0.3, -0.25) is 0 Å². The van der Waals surface area contributed by atoms with Crippen molar-refractivity contribution in [3.63, 3.8) is 0 Å². The molecule has 0 bridgehead atoms. The highest BCUT2D eigenvalue weighted by Crippen LogP contribution is 2.37. The number of aryl methyl sites for hydroxylation is 1. The van der Waals surface area contributed by atoms with E-state index in [-0.39, 0.29) is 0 Å². The Morgan fingerprint density at radius 2 is 1.93 bits per heavy atom. The zero-order valence-electron chi connectivity index (χ0n) is 9.70. The summed E-state index contributed by atoms with van der Waals surface area (Å²) >= 11 is 0. The molecule has 0 saturated carbocycles. The molecule has 0 aromatic heterocycles. The normalized spacial score (nSPS) is 12.3. The minimum absolute atomic E-state index is 0.551. The van der Waals surface area contributed by atoms with Crippen molar-refractivity contribution >= 4 is 0 Å². The third-order valence-corrected chi connectivity index (χ3v) is 2.47. The zero-order valence-corrected chi connectivity index (χ0v) is 9.70. The molecular formula is C12H18O3.